The first-order valence-corrected chi connectivity index (χ1v) is 9.07. The molecule has 5 rings (SSSR count). The van der Waals surface area contributed by atoms with Gasteiger partial charge >= 0.3 is 0 Å². The molecule has 4 fully saturated rings. The minimum absolute atomic E-state index is 0.549. The van der Waals surface area contributed by atoms with Gasteiger partial charge in [-0.05, 0) is 55.5 Å². The number of nitrogens with zero attached hydrogens (tertiary/aromatic N) is 3. The van der Waals surface area contributed by atoms with Crippen molar-refractivity contribution < 1.29 is 0 Å². The van der Waals surface area contributed by atoms with Crippen LogP contribution in [0.2, 0.25) is 0 Å². The number of fused-ring (bicyclic) bond motifs is 2. The number of nitrogens with one attached hydrogen (secondary N) is 2. The van der Waals surface area contributed by atoms with Gasteiger partial charge in [-0.2, -0.15) is 4.98 Å². The first-order valence-electron chi connectivity index (χ1n) is 9.07. The van der Waals surface area contributed by atoms with E-state index in [4.69, 9.17) is 4.98 Å². The van der Waals surface area contributed by atoms with E-state index in [9.17, 15) is 0 Å². The van der Waals surface area contributed by atoms with Gasteiger partial charge in [-0.1, -0.05) is 13.8 Å². The molecule has 5 heteroatoms. The van der Waals surface area contributed by atoms with Crippen molar-refractivity contribution in [3.63, 3.8) is 0 Å². The van der Waals surface area contributed by atoms with E-state index in [-0.39, 0.29) is 0 Å². The molecule has 1 saturated heterocycles. The highest BCUT2D eigenvalue weighted by atomic mass is 15.3. The van der Waals surface area contributed by atoms with Crippen molar-refractivity contribution in [2.24, 2.45) is 23.2 Å². The molecule has 0 radical (unpaired) electrons. The van der Waals surface area contributed by atoms with E-state index >= 15 is 0 Å². The molecular weight excluding hydrogens is 286 g/mol. The summed E-state index contributed by atoms with van der Waals surface area (Å²) in [6, 6.07) is 2.61. The lowest BCUT2D eigenvalue weighted by molar-refractivity contribution is -0.100. The minimum Gasteiger partial charge on any atom is -0.354 e. The van der Waals surface area contributed by atoms with E-state index in [1.165, 1.54) is 19.3 Å². The lowest BCUT2D eigenvalue weighted by Gasteiger charge is -2.60. The van der Waals surface area contributed by atoms with E-state index < -0.39 is 0 Å². The molecule has 126 valence electrons. The fraction of sp³-hybridized carbons (Fsp3) is 0.778. The van der Waals surface area contributed by atoms with Gasteiger partial charge in [0.05, 0.1) is 0 Å². The van der Waals surface area contributed by atoms with Gasteiger partial charge in [0.2, 0.25) is 5.95 Å². The molecule has 3 saturated carbocycles. The van der Waals surface area contributed by atoms with Crippen molar-refractivity contribution in [3.8, 4) is 0 Å². The Hall–Kier alpha value is -1.36. The number of hydrogen-bond acceptors (Lipinski definition) is 5. The van der Waals surface area contributed by atoms with Crippen LogP contribution in [0.25, 0.3) is 0 Å². The molecule has 2 bridgehead atoms. The Bertz CT molecular complexity index is 564. The van der Waals surface area contributed by atoms with Crippen molar-refractivity contribution in [3.05, 3.63) is 12.3 Å². The molecule has 2 N–H and O–H groups in total. The van der Waals surface area contributed by atoms with Crippen LogP contribution >= 0.6 is 0 Å². The Labute approximate surface area is 139 Å². The second kappa shape index (κ2) is 5.62. The Morgan fingerprint density at radius 2 is 2.13 bits per heavy atom. The quantitative estimate of drug-likeness (QED) is 0.874. The third-order valence-corrected chi connectivity index (χ3v) is 6.78. The summed E-state index contributed by atoms with van der Waals surface area (Å²) in [6.45, 7) is 8.00. The van der Waals surface area contributed by atoms with Gasteiger partial charge in [0.1, 0.15) is 5.82 Å². The highest BCUT2D eigenvalue weighted by Crippen LogP contribution is 2.61. The summed E-state index contributed by atoms with van der Waals surface area (Å²) in [7, 11) is 2.02. The van der Waals surface area contributed by atoms with E-state index in [2.05, 4.69) is 34.4 Å². The maximum absolute atomic E-state index is 4.70. The van der Waals surface area contributed by atoms with Crippen LogP contribution in [0.3, 0.4) is 0 Å². The van der Waals surface area contributed by atoms with Crippen LogP contribution in [0.5, 0.6) is 0 Å². The molecular formula is C18H29N5. The number of aromatic nitrogens is 2. The second-order valence-electron chi connectivity index (χ2n) is 8.21. The predicted molar refractivity (Wildman–Crippen MR) is 93.7 cm³/mol. The van der Waals surface area contributed by atoms with Gasteiger partial charge in [-0.3, -0.25) is 0 Å². The Kier molecular flexibility index (Phi) is 3.71. The van der Waals surface area contributed by atoms with Crippen LogP contribution in [0.4, 0.5) is 11.8 Å². The lowest BCUT2D eigenvalue weighted by Crippen LogP contribution is -2.57. The second-order valence-corrected chi connectivity index (χ2v) is 8.21. The Morgan fingerprint density at radius 3 is 2.83 bits per heavy atom. The van der Waals surface area contributed by atoms with E-state index in [1.807, 2.05) is 19.3 Å². The Morgan fingerprint density at radius 1 is 1.30 bits per heavy atom. The van der Waals surface area contributed by atoms with Gasteiger partial charge < -0.3 is 15.5 Å². The van der Waals surface area contributed by atoms with Gasteiger partial charge in [0, 0.05) is 31.9 Å². The van der Waals surface area contributed by atoms with Crippen molar-refractivity contribution in [1.29, 1.82) is 0 Å². The molecule has 1 aliphatic heterocycles. The topological polar surface area (TPSA) is 53.1 Å². The molecule has 0 aromatic carbocycles. The van der Waals surface area contributed by atoms with Gasteiger partial charge in [-0.15, -0.1) is 0 Å². The summed E-state index contributed by atoms with van der Waals surface area (Å²) in [4.78, 5) is 11.4. The van der Waals surface area contributed by atoms with Crippen molar-refractivity contribution in [2.45, 2.75) is 39.2 Å². The van der Waals surface area contributed by atoms with Gasteiger partial charge in [-0.25, -0.2) is 4.98 Å². The predicted octanol–water partition coefficient (Wildman–Crippen LogP) is 2.37. The van der Waals surface area contributed by atoms with Crippen LogP contribution in [-0.4, -0.2) is 42.7 Å². The van der Waals surface area contributed by atoms with Crippen LogP contribution in [0.15, 0.2) is 12.3 Å². The molecule has 3 aliphatic carbocycles. The van der Waals surface area contributed by atoms with Crippen LogP contribution in [-0.2, 0) is 0 Å². The standard InChI is InChI=1S/C18H29N5/c1-18(2)13-5-4-12(15(18)8-13)9-21-17-20-7-6-16(22-17)23-10-14(11-23)19-3/h6-7,12-15,19H,4-5,8-11H2,1-3H3,(H,20,21,22). The van der Waals surface area contributed by atoms with Crippen LogP contribution in [0, 0.1) is 23.2 Å². The molecule has 5 nitrogen and oxygen atoms in total. The van der Waals surface area contributed by atoms with Crippen LogP contribution < -0.4 is 15.5 Å². The van der Waals surface area contributed by atoms with Gasteiger partial charge in [0.15, 0.2) is 0 Å². The van der Waals surface area contributed by atoms with Crippen molar-refractivity contribution in [2.75, 3.05) is 36.9 Å². The summed E-state index contributed by atoms with van der Waals surface area (Å²) < 4.78 is 0. The zero-order valence-corrected chi connectivity index (χ0v) is 14.5. The Balaban J connectivity index is 1.35. The zero-order valence-electron chi connectivity index (χ0n) is 14.5. The van der Waals surface area contributed by atoms with E-state index in [0.29, 0.717) is 11.5 Å². The normalized spacial score (nSPS) is 32.1. The highest BCUT2D eigenvalue weighted by molar-refractivity contribution is 5.45. The van der Waals surface area contributed by atoms with Crippen molar-refractivity contribution in [1.82, 2.24) is 15.3 Å². The summed E-state index contributed by atoms with van der Waals surface area (Å²) in [5.41, 5.74) is 0.549. The summed E-state index contributed by atoms with van der Waals surface area (Å²) >= 11 is 0. The molecule has 1 aromatic heterocycles. The van der Waals surface area contributed by atoms with Crippen LogP contribution in [0.1, 0.15) is 33.1 Å². The molecule has 4 aliphatic rings. The third-order valence-electron chi connectivity index (χ3n) is 6.78. The molecule has 2 heterocycles. The molecule has 3 unspecified atom stereocenters. The number of anilines is 2. The molecule has 23 heavy (non-hydrogen) atoms. The lowest BCUT2D eigenvalue weighted by atomic mass is 9.45. The fourth-order valence-electron chi connectivity index (χ4n) is 4.89. The van der Waals surface area contributed by atoms with E-state index in [0.717, 1.165) is 49.2 Å². The number of hydrogen-bond donors (Lipinski definition) is 2. The smallest absolute Gasteiger partial charge is 0.224 e. The number of likely N-dealkylation sites (N-methyl/N-ethyl adjacent to an activating group) is 1. The first-order chi connectivity index (χ1) is 11.1. The monoisotopic (exact) mass is 315 g/mol. The minimum atomic E-state index is 0.549. The van der Waals surface area contributed by atoms with Crippen molar-refractivity contribution >= 4 is 11.8 Å². The SMILES string of the molecule is CNC1CN(c2ccnc(NCC3CCC4CC3C4(C)C)n2)C1. The highest BCUT2D eigenvalue weighted by Gasteiger charge is 2.53. The number of rotatable bonds is 5. The van der Waals surface area contributed by atoms with E-state index in [1.54, 1.807) is 0 Å². The maximum atomic E-state index is 4.70. The van der Waals surface area contributed by atoms with Gasteiger partial charge in [0.25, 0.3) is 0 Å². The summed E-state index contributed by atoms with van der Waals surface area (Å²) in [5, 5.41) is 6.81. The summed E-state index contributed by atoms with van der Waals surface area (Å²) in [6.07, 6.45) is 6.07. The third kappa shape index (κ3) is 2.59. The maximum Gasteiger partial charge on any atom is 0.224 e. The molecule has 0 spiro atoms. The average molecular weight is 315 g/mol. The largest absolute Gasteiger partial charge is 0.354 e. The molecule has 1 aromatic rings. The molecule has 0 amide bonds. The summed E-state index contributed by atoms with van der Waals surface area (Å²) in [5.74, 6) is 4.45. The zero-order chi connectivity index (χ0) is 16.0. The average Bonchev–Trinajstić information content (AvgIpc) is 2.52. The first kappa shape index (κ1) is 15.2. The molecule has 3 atom stereocenters. The fourth-order valence-corrected chi connectivity index (χ4v) is 4.89.